The van der Waals surface area contributed by atoms with Crippen molar-refractivity contribution in [2.75, 3.05) is 6.54 Å². The zero-order valence-electron chi connectivity index (χ0n) is 13.1. The number of carbonyl (C=O) groups is 3. The van der Waals surface area contributed by atoms with Crippen molar-refractivity contribution in [3.63, 3.8) is 0 Å². The first-order valence-corrected chi connectivity index (χ1v) is 7.07. The average molecular weight is 306 g/mol. The molecule has 0 aromatic heterocycles. The minimum atomic E-state index is -1.13. The topological polar surface area (TPSA) is 95.5 Å². The molecule has 0 aliphatic rings. The molecule has 1 rings (SSSR count). The monoisotopic (exact) mass is 306 g/mol. The Morgan fingerprint density at radius 3 is 2.23 bits per heavy atom. The smallest absolute Gasteiger partial charge is 0.330 e. The van der Waals surface area contributed by atoms with Gasteiger partial charge in [0.1, 0.15) is 0 Å². The van der Waals surface area contributed by atoms with Crippen LogP contribution in [0.15, 0.2) is 30.3 Å². The lowest BCUT2D eigenvalue weighted by atomic mass is 9.96. The van der Waals surface area contributed by atoms with Gasteiger partial charge in [-0.05, 0) is 5.56 Å². The van der Waals surface area contributed by atoms with Crippen molar-refractivity contribution in [1.29, 1.82) is 0 Å². The van der Waals surface area contributed by atoms with Gasteiger partial charge in [0.2, 0.25) is 11.8 Å². The van der Waals surface area contributed by atoms with Crippen molar-refractivity contribution in [3.8, 4) is 0 Å². The van der Waals surface area contributed by atoms with Gasteiger partial charge in [-0.1, -0.05) is 51.1 Å². The van der Waals surface area contributed by atoms with Gasteiger partial charge in [0.05, 0.1) is 0 Å². The molecule has 0 heterocycles. The van der Waals surface area contributed by atoms with Crippen LogP contribution in [0.4, 0.5) is 0 Å². The predicted molar refractivity (Wildman–Crippen MR) is 82.0 cm³/mol. The van der Waals surface area contributed by atoms with Crippen molar-refractivity contribution in [1.82, 2.24) is 10.6 Å². The molecular weight excluding hydrogens is 284 g/mol. The van der Waals surface area contributed by atoms with Gasteiger partial charge < -0.3 is 15.7 Å². The molecule has 0 aliphatic carbocycles. The van der Waals surface area contributed by atoms with Crippen molar-refractivity contribution < 1.29 is 19.5 Å². The number of carbonyl (C=O) groups excluding carboxylic acids is 2. The highest BCUT2D eigenvalue weighted by Crippen LogP contribution is 2.13. The Balaban J connectivity index is 2.52. The maximum absolute atomic E-state index is 11.8. The Kier molecular flexibility index (Phi) is 6.10. The lowest BCUT2D eigenvalue weighted by Crippen LogP contribution is -2.39. The summed E-state index contributed by atoms with van der Waals surface area (Å²) in [6.45, 7) is 5.50. The summed E-state index contributed by atoms with van der Waals surface area (Å²) in [4.78, 5) is 34.8. The van der Waals surface area contributed by atoms with E-state index in [1.54, 1.807) is 51.1 Å². The largest absolute Gasteiger partial charge is 0.479 e. The second kappa shape index (κ2) is 7.59. The van der Waals surface area contributed by atoms with Crippen LogP contribution in [0.25, 0.3) is 0 Å². The third-order valence-electron chi connectivity index (χ3n) is 3.00. The van der Waals surface area contributed by atoms with Gasteiger partial charge in [0.25, 0.3) is 0 Å². The number of benzene rings is 1. The molecule has 22 heavy (non-hydrogen) atoms. The first-order chi connectivity index (χ1) is 10.2. The lowest BCUT2D eigenvalue weighted by Gasteiger charge is -2.18. The van der Waals surface area contributed by atoms with Crippen LogP contribution >= 0.6 is 0 Å². The molecule has 0 aliphatic heterocycles. The van der Waals surface area contributed by atoms with Crippen LogP contribution in [0, 0.1) is 5.41 Å². The van der Waals surface area contributed by atoms with E-state index in [2.05, 4.69) is 10.6 Å². The van der Waals surface area contributed by atoms with E-state index in [0.29, 0.717) is 5.56 Å². The van der Waals surface area contributed by atoms with Crippen LogP contribution in [-0.4, -0.2) is 29.4 Å². The molecule has 2 amide bonds. The number of carboxylic acid groups (broad SMARTS) is 1. The molecular formula is C16H22N2O4. The first-order valence-electron chi connectivity index (χ1n) is 7.07. The average Bonchev–Trinajstić information content (AvgIpc) is 2.44. The van der Waals surface area contributed by atoms with Crippen molar-refractivity contribution in [2.24, 2.45) is 5.41 Å². The molecule has 0 saturated heterocycles. The highest BCUT2D eigenvalue weighted by Gasteiger charge is 2.23. The maximum Gasteiger partial charge on any atom is 0.330 e. The summed E-state index contributed by atoms with van der Waals surface area (Å²) in [6.07, 6.45) is 0.0262. The van der Waals surface area contributed by atoms with Gasteiger partial charge in [-0.2, -0.15) is 0 Å². The molecule has 6 heteroatoms. The van der Waals surface area contributed by atoms with E-state index < -0.39 is 23.3 Å². The van der Waals surface area contributed by atoms with E-state index in [0.717, 1.165) is 0 Å². The molecule has 1 aromatic carbocycles. The zero-order valence-corrected chi connectivity index (χ0v) is 13.1. The predicted octanol–water partition coefficient (Wildman–Crippen LogP) is 1.48. The van der Waals surface area contributed by atoms with E-state index in [-0.39, 0.29) is 18.9 Å². The second-order valence-electron chi connectivity index (χ2n) is 6.01. The minimum Gasteiger partial charge on any atom is -0.479 e. The quantitative estimate of drug-likeness (QED) is 0.742. The van der Waals surface area contributed by atoms with Gasteiger partial charge in [-0.15, -0.1) is 0 Å². The Morgan fingerprint density at radius 1 is 1.14 bits per heavy atom. The molecule has 1 aromatic rings. The van der Waals surface area contributed by atoms with Crippen LogP contribution in [0.2, 0.25) is 0 Å². The van der Waals surface area contributed by atoms with Crippen LogP contribution in [0.1, 0.15) is 38.8 Å². The van der Waals surface area contributed by atoms with E-state index in [4.69, 9.17) is 0 Å². The molecule has 0 fully saturated rings. The van der Waals surface area contributed by atoms with Crippen LogP contribution in [0.5, 0.6) is 0 Å². The number of nitrogens with one attached hydrogen (secondary N) is 2. The summed E-state index contributed by atoms with van der Waals surface area (Å²) in [5.74, 6) is -1.71. The Bertz CT molecular complexity index is 535. The number of hydrogen-bond donors (Lipinski definition) is 3. The lowest BCUT2D eigenvalue weighted by molar-refractivity contribution is -0.142. The molecule has 0 spiro atoms. The number of amides is 2. The fourth-order valence-corrected chi connectivity index (χ4v) is 1.72. The number of rotatable bonds is 6. The molecule has 120 valence electrons. The SMILES string of the molecule is CC(C)(C)C(=O)NCCC(=O)N[C@@H](C(=O)O)c1ccccc1. The fraction of sp³-hybridized carbons (Fsp3) is 0.438. The van der Waals surface area contributed by atoms with Crippen molar-refractivity contribution in [2.45, 2.75) is 33.2 Å². The summed E-state index contributed by atoms with van der Waals surface area (Å²) in [5, 5.41) is 14.3. The molecule has 0 bridgehead atoms. The normalized spacial score (nSPS) is 12.3. The van der Waals surface area contributed by atoms with Gasteiger partial charge in [-0.3, -0.25) is 9.59 Å². The number of hydrogen-bond acceptors (Lipinski definition) is 3. The van der Waals surface area contributed by atoms with Crippen LogP contribution in [-0.2, 0) is 14.4 Å². The Hall–Kier alpha value is -2.37. The van der Waals surface area contributed by atoms with Gasteiger partial charge in [0.15, 0.2) is 6.04 Å². The summed E-state index contributed by atoms with van der Waals surface area (Å²) in [6, 6.07) is 7.38. The molecule has 1 atom stereocenters. The van der Waals surface area contributed by atoms with E-state index >= 15 is 0 Å². The molecule has 3 N–H and O–H groups in total. The third-order valence-corrected chi connectivity index (χ3v) is 3.00. The Labute approximate surface area is 129 Å². The molecule has 0 saturated carbocycles. The molecule has 6 nitrogen and oxygen atoms in total. The molecule has 0 radical (unpaired) electrons. The first kappa shape index (κ1) is 17.7. The van der Waals surface area contributed by atoms with Crippen LogP contribution in [0.3, 0.4) is 0 Å². The number of aliphatic carboxylic acids is 1. The maximum atomic E-state index is 11.8. The van der Waals surface area contributed by atoms with Crippen molar-refractivity contribution in [3.05, 3.63) is 35.9 Å². The standard InChI is InChI=1S/C16H22N2O4/c1-16(2,3)15(22)17-10-9-12(19)18-13(14(20)21)11-7-5-4-6-8-11/h4-8,13H,9-10H2,1-3H3,(H,17,22)(H,18,19)(H,20,21)/t13-/m1/s1. The van der Waals surface area contributed by atoms with E-state index in [1.165, 1.54) is 0 Å². The zero-order chi connectivity index (χ0) is 16.8. The second-order valence-corrected chi connectivity index (χ2v) is 6.01. The van der Waals surface area contributed by atoms with Crippen LogP contribution < -0.4 is 10.6 Å². The summed E-state index contributed by atoms with van der Waals surface area (Å²) in [7, 11) is 0. The van der Waals surface area contributed by atoms with E-state index in [1.807, 2.05) is 0 Å². The molecule has 0 unspecified atom stereocenters. The number of carboxylic acids is 1. The van der Waals surface area contributed by atoms with Gasteiger partial charge >= 0.3 is 5.97 Å². The van der Waals surface area contributed by atoms with Gasteiger partial charge in [0, 0.05) is 18.4 Å². The Morgan fingerprint density at radius 2 is 1.73 bits per heavy atom. The summed E-state index contributed by atoms with van der Waals surface area (Å²) in [5.41, 5.74) is -0.0218. The minimum absolute atomic E-state index is 0.0262. The summed E-state index contributed by atoms with van der Waals surface area (Å²) >= 11 is 0. The summed E-state index contributed by atoms with van der Waals surface area (Å²) < 4.78 is 0. The van der Waals surface area contributed by atoms with Crippen molar-refractivity contribution >= 4 is 17.8 Å². The third kappa shape index (κ3) is 5.55. The fourth-order valence-electron chi connectivity index (χ4n) is 1.72. The highest BCUT2D eigenvalue weighted by molar-refractivity contribution is 5.85. The highest BCUT2D eigenvalue weighted by atomic mass is 16.4. The van der Waals surface area contributed by atoms with E-state index in [9.17, 15) is 19.5 Å². The van der Waals surface area contributed by atoms with Gasteiger partial charge in [-0.25, -0.2) is 4.79 Å².